The van der Waals surface area contributed by atoms with Gasteiger partial charge in [-0.25, -0.2) is 4.79 Å². The molecule has 130 valence electrons. The summed E-state index contributed by atoms with van der Waals surface area (Å²) in [5, 5.41) is 3.03. The highest BCUT2D eigenvalue weighted by Gasteiger charge is 2.42. The predicted octanol–water partition coefficient (Wildman–Crippen LogP) is 4.23. The van der Waals surface area contributed by atoms with E-state index < -0.39 is 5.41 Å². The standard InChI is InChI=1S/C21H23NO3/c1-15-5-9-17(10-6-15)21(13-3-4-14-21)20(24)22-18-11-7-16(8-12-18)19(23)25-2/h5-12H,3-4,13-14H2,1-2H3,(H,22,24). The average Bonchev–Trinajstić information content (AvgIpc) is 3.13. The van der Waals surface area contributed by atoms with Crippen LogP contribution in [0.1, 0.15) is 47.2 Å². The van der Waals surface area contributed by atoms with Gasteiger partial charge in [-0.05, 0) is 49.6 Å². The third kappa shape index (κ3) is 3.43. The Morgan fingerprint density at radius 1 is 0.960 bits per heavy atom. The first kappa shape index (κ1) is 17.2. The Hall–Kier alpha value is -2.62. The Morgan fingerprint density at radius 3 is 2.12 bits per heavy atom. The summed E-state index contributed by atoms with van der Waals surface area (Å²) in [5.74, 6) is -0.357. The van der Waals surface area contributed by atoms with Crippen molar-refractivity contribution in [3.8, 4) is 0 Å². The normalized spacial score (nSPS) is 15.6. The molecule has 1 aliphatic carbocycles. The van der Waals surface area contributed by atoms with E-state index in [1.54, 1.807) is 24.3 Å². The van der Waals surface area contributed by atoms with Gasteiger partial charge in [-0.15, -0.1) is 0 Å². The monoisotopic (exact) mass is 337 g/mol. The molecular weight excluding hydrogens is 314 g/mol. The minimum atomic E-state index is -0.464. The number of amides is 1. The highest BCUT2D eigenvalue weighted by atomic mass is 16.5. The number of benzene rings is 2. The van der Waals surface area contributed by atoms with Crippen LogP contribution >= 0.6 is 0 Å². The summed E-state index contributed by atoms with van der Waals surface area (Å²) >= 11 is 0. The van der Waals surface area contributed by atoms with Crippen LogP contribution in [0.4, 0.5) is 5.69 Å². The van der Waals surface area contributed by atoms with Gasteiger partial charge in [0.05, 0.1) is 18.1 Å². The van der Waals surface area contributed by atoms with Gasteiger partial charge in [0.15, 0.2) is 0 Å². The van der Waals surface area contributed by atoms with Gasteiger partial charge in [0.2, 0.25) is 5.91 Å². The number of carbonyl (C=O) groups excluding carboxylic acids is 2. The molecule has 4 nitrogen and oxygen atoms in total. The molecule has 1 amide bonds. The van der Waals surface area contributed by atoms with E-state index in [-0.39, 0.29) is 11.9 Å². The molecule has 1 aliphatic rings. The van der Waals surface area contributed by atoms with E-state index in [2.05, 4.69) is 29.6 Å². The Kier molecular flexibility index (Phi) is 4.88. The second-order valence-electron chi connectivity index (χ2n) is 6.68. The van der Waals surface area contributed by atoms with Crippen LogP contribution in [0.3, 0.4) is 0 Å². The lowest BCUT2D eigenvalue weighted by Gasteiger charge is -2.28. The van der Waals surface area contributed by atoms with E-state index in [1.807, 2.05) is 6.92 Å². The summed E-state index contributed by atoms with van der Waals surface area (Å²) in [5.41, 5.74) is 2.97. The number of esters is 1. The number of hydrogen-bond acceptors (Lipinski definition) is 3. The SMILES string of the molecule is COC(=O)c1ccc(NC(=O)C2(c3ccc(C)cc3)CCCC2)cc1. The smallest absolute Gasteiger partial charge is 0.337 e. The molecule has 0 heterocycles. The highest BCUT2D eigenvalue weighted by Crippen LogP contribution is 2.42. The maximum atomic E-state index is 13.1. The molecule has 0 saturated heterocycles. The molecule has 0 unspecified atom stereocenters. The van der Waals surface area contributed by atoms with Crippen LogP contribution in [0.25, 0.3) is 0 Å². The molecular formula is C21H23NO3. The summed E-state index contributed by atoms with van der Waals surface area (Å²) in [6, 6.07) is 15.1. The number of carbonyl (C=O) groups is 2. The maximum Gasteiger partial charge on any atom is 0.337 e. The molecule has 2 aromatic rings. The van der Waals surface area contributed by atoms with Gasteiger partial charge in [0.1, 0.15) is 0 Å². The van der Waals surface area contributed by atoms with Crippen LogP contribution in [0.5, 0.6) is 0 Å². The minimum Gasteiger partial charge on any atom is -0.465 e. The van der Waals surface area contributed by atoms with Gasteiger partial charge in [-0.3, -0.25) is 4.79 Å². The summed E-state index contributed by atoms with van der Waals surface area (Å²) in [6.45, 7) is 2.05. The molecule has 0 bridgehead atoms. The van der Waals surface area contributed by atoms with Gasteiger partial charge in [0, 0.05) is 5.69 Å². The van der Waals surface area contributed by atoms with E-state index in [0.717, 1.165) is 31.2 Å². The molecule has 1 fully saturated rings. The van der Waals surface area contributed by atoms with Crippen LogP contribution in [-0.2, 0) is 14.9 Å². The van der Waals surface area contributed by atoms with Crippen LogP contribution in [-0.4, -0.2) is 19.0 Å². The molecule has 4 heteroatoms. The Balaban J connectivity index is 1.82. The van der Waals surface area contributed by atoms with Gasteiger partial charge < -0.3 is 10.1 Å². The third-order valence-corrected chi connectivity index (χ3v) is 5.06. The molecule has 0 aliphatic heterocycles. The molecule has 1 N–H and O–H groups in total. The zero-order valence-corrected chi connectivity index (χ0v) is 14.7. The molecule has 2 aromatic carbocycles. The maximum absolute atomic E-state index is 13.1. The number of aryl methyl sites for hydroxylation is 1. The molecule has 1 saturated carbocycles. The van der Waals surface area contributed by atoms with Crippen LogP contribution < -0.4 is 5.32 Å². The molecule has 3 rings (SSSR count). The lowest BCUT2D eigenvalue weighted by molar-refractivity contribution is -0.121. The van der Waals surface area contributed by atoms with Crippen LogP contribution in [0.2, 0.25) is 0 Å². The van der Waals surface area contributed by atoms with Gasteiger partial charge >= 0.3 is 5.97 Å². The summed E-state index contributed by atoms with van der Waals surface area (Å²) in [7, 11) is 1.35. The number of nitrogens with one attached hydrogen (secondary N) is 1. The lowest BCUT2D eigenvalue weighted by atomic mass is 9.77. The second-order valence-corrected chi connectivity index (χ2v) is 6.68. The van der Waals surface area contributed by atoms with Gasteiger partial charge in [0.25, 0.3) is 0 Å². The number of anilines is 1. The number of methoxy groups -OCH3 is 1. The average molecular weight is 337 g/mol. The third-order valence-electron chi connectivity index (χ3n) is 5.06. The second kappa shape index (κ2) is 7.09. The Bertz CT molecular complexity index is 757. The fraction of sp³-hybridized carbons (Fsp3) is 0.333. The zero-order valence-electron chi connectivity index (χ0n) is 14.7. The van der Waals surface area contributed by atoms with Crippen molar-refractivity contribution < 1.29 is 14.3 Å². The number of ether oxygens (including phenoxy) is 1. The van der Waals surface area contributed by atoms with Gasteiger partial charge in [-0.2, -0.15) is 0 Å². The highest BCUT2D eigenvalue weighted by molar-refractivity contribution is 6.00. The summed E-state index contributed by atoms with van der Waals surface area (Å²) in [4.78, 5) is 24.6. The topological polar surface area (TPSA) is 55.4 Å². The number of hydrogen-bond donors (Lipinski definition) is 1. The van der Waals surface area contributed by atoms with E-state index in [9.17, 15) is 9.59 Å². The Labute approximate surface area is 148 Å². The fourth-order valence-electron chi connectivity index (χ4n) is 3.56. The van der Waals surface area contributed by atoms with E-state index >= 15 is 0 Å². The van der Waals surface area contributed by atoms with E-state index in [1.165, 1.54) is 12.7 Å². The fourth-order valence-corrected chi connectivity index (χ4v) is 3.56. The van der Waals surface area contributed by atoms with Crippen LogP contribution in [0, 0.1) is 6.92 Å². The first-order chi connectivity index (χ1) is 12.0. The van der Waals surface area contributed by atoms with Crippen molar-refractivity contribution in [2.45, 2.75) is 38.0 Å². The lowest BCUT2D eigenvalue weighted by Crippen LogP contribution is -2.38. The molecule has 0 spiro atoms. The van der Waals surface area contributed by atoms with Gasteiger partial charge in [-0.1, -0.05) is 42.7 Å². The first-order valence-electron chi connectivity index (χ1n) is 8.62. The minimum absolute atomic E-state index is 0.0275. The molecule has 0 aromatic heterocycles. The van der Waals surface area contributed by atoms with Crippen molar-refractivity contribution in [1.29, 1.82) is 0 Å². The van der Waals surface area contributed by atoms with E-state index in [4.69, 9.17) is 4.74 Å². The quantitative estimate of drug-likeness (QED) is 0.849. The summed E-state index contributed by atoms with van der Waals surface area (Å²) < 4.78 is 4.70. The first-order valence-corrected chi connectivity index (χ1v) is 8.62. The molecule has 25 heavy (non-hydrogen) atoms. The summed E-state index contributed by atoms with van der Waals surface area (Å²) in [6.07, 6.45) is 3.84. The molecule has 0 radical (unpaired) electrons. The van der Waals surface area contributed by atoms with Crippen molar-refractivity contribution in [2.24, 2.45) is 0 Å². The van der Waals surface area contributed by atoms with Crippen molar-refractivity contribution in [3.05, 3.63) is 65.2 Å². The predicted molar refractivity (Wildman–Crippen MR) is 97.7 cm³/mol. The van der Waals surface area contributed by atoms with Crippen LogP contribution in [0.15, 0.2) is 48.5 Å². The largest absolute Gasteiger partial charge is 0.465 e. The van der Waals surface area contributed by atoms with Crippen molar-refractivity contribution in [3.63, 3.8) is 0 Å². The molecule has 0 atom stereocenters. The van der Waals surface area contributed by atoms with E-state index in [0.29, 0.717) is 11.3 Å². The van der Waals surface area contributed by atoms with Crippen molar-refractivity contribution in [2.75, 3.05) is 12.4 Å². The van der Waals surface area contributed by atoms with Crippen molar-refractivity contribution >= 4 is 17.6 Å². The zero-order chi connectivity index (χ0) is 17.9. The Morgan fingerprint density at radius 2 is 1.56 bits per heavy atom. The number of rotatable bonds is 4. The van der Waals surface area contributed by atoms with Crippen molar-refractivity contribution in [1.82, 2.24) is 0 Å².